The van der Waals surface area contributed by atoms with E-state index in [-0.39, 0.29) is 5.91 Å². The SMILES string of the molecule is COc1c(C)cnc(CNC(=O)c2ccccc2OCCN(C)C)c1C. The average molecular weight is 357 g/mol. The summed E-state index contributed by atoms with van der Waals surface area (Å²) in [4.78, 5) is 19.0. The van der Waals surface area contributed by atoms with Crippen molar-refractivity contribution in [3.05, 3.63) is 52.8 Å². The van der Waals surface area contributed by atoms with Crippen molar-refractivity contribution in [2.24, 2.45) is 0 Å². The molecule has 2 rings (SSSR count). The molecule has 6 nitrogen and oxygen atoms in total. The molecule has 2 aromatic rings. The Kier molecular flexibility index (Phi) is 6.97. The van der Waals surface area contributed by atoms with Gasteiger partial charge in [-0.05, 0) is 40.1 Å². The number of aromatic nitrogens is 1. The second-order valence-electron chi connectivity index (χ2n) is 6.38. The van der Waals surface area contributed by atoms with Crippen molar-refractivity contribution >= 4 is 5.91 Å². The van der Waals surface area contributed by atoms with Gasteiger partial charge in [-0.2, -0.15) is 0 Å². The molecule has 1 aromatic carbocycles. The minimum absolute atomic E-state index is 0.189. The zero-order valence-electron chi connectivity index (χ0n) is 16.1. The molecule has 0 bridgehead atoms. The summed E-state index contributed by atoms with van der Waals surface area (Å²) < 4.78 is 11.2. The van der Waals surface area contributed by atoms with Gasteiger partial charge in [-0.25, -0.2) is 0 Å². The van der Waals surface area contributed by atoms with Crippen LogP contribution in [0.3, 0.4) is 0 Å². The molecule has 0 fully saturated rings. The number of rotatable bonds is 8. The van der Waals surface area contributed by atoms with Gasteiger partial charge in [-0.1, -0.05) is 12.1 Å². The normalized spacial score (nSPS) is 10.7. The first-order valence-corrected chi connectivity index (χ1v) is 8.57. The summed E-state index contributed by atoms with van der Waals surface area (Å²) in [5.74, 6) is 1.20. The van der Waals surface area contributed by atoms with Crippen molar-refractivity contribution in [2.75, 3.05) is 34.4 Å². The van der Waals surface area contributed by atoms with Crippen LogP contribution >= 0.6 is 0 Å². The fraction of sp³-hybridized carbons (Fsp3) is 0.400. The van der Waals surface area contributed by atoms with Crippen LogP contribution in [0, 0.1) is 13.8 Å². The Labute approximate surface area is 155 Å². The van der Waals surface area contributed by atoms with Crippen molar-refractivity contribution in [1.29, 1.82) is 0 Å². The number of benzene rings is 1. The number of aryl methyl sites for hydroxylation is 1. The first kappa shape index (κ1) is 19.7. The molecule has 1 aromatic heterocycles. The maximum atomic E-state index is 12.6. The summed E-state index contributed by atoms with van der Waals surface area (Å²) in [5.41, 5.74) is 3.21. The molecule has 140 valence electrons. The average Bonchev–Trinajstić information content (AvgIpc) is 2.61. The van der Waals surface area contributed by atoms with Gasteiger partial charge in [0, 0.05) is 23.9 Å². The number of amides is 1. The second-order valence-corrected chi connectivity index (χ2v) is 6.38. The molecule has 6 heteroatoms. The first-order chi connectivity index (χ1) is 12.4. The third-order valence-electron chi connectivity index (χ3n) is 4.09. The van der Waals surface area contributed by atoms with Crippen LogP contribution in [0.2, 0.25) is 0 Å². The van der Waals surface area contributed by atoms with Crippen LogP contribution in [-0.4, -0.2) is 50.1 Å². The molecule has 1 heterocycles. The summed E-state index contributed by atoms with van der Waals surface area (Å²) in [5, 5.41) is 2.92. The van der Waals surface area contributed by atoms with Crippen molar-refractivity contribution in [1.82, 2.24) is 15.2 Å². The molecule has 1 amide bonds. The summed E-state index contributed by atoms with van der Waals surface area (Å²) >= 11 is 0. The number of carbonyl (C=O) groups is 1. The van der Waals surface area contributed by atoms with Gasteiger partial charge in [-0.15, -0.1) is 0 Å². The molecular weight excluding hydrogens is 330 g/mol. The molecule has 0 spiro atoms. The predicted molar refractivity (Wildman–Crippen MR) is 102 cm³/mol. The van der Waals surface area contributed by atoms with E-state index in [1.807, 2.05) is 51.0 Å². The number of pyridine rings is 1. The van der Waals surface area contributed by atoms with Gasteiger partial charge >= 0.3 is 0 Å². The third kappa shape index (κ3) is 4.95. The molecule has 0 aliphatic rings. The van der Waals surface area contributed by atoms with Crippen molar-refractivity contribution in [2.45, 2.75) is 20.4 Å². The quantitative estimate of drug-likeness (QED) is 0.787. The van der Waals surface area contributed by atoms with E-state index in [1.54, 1.807) is 19.4 Å². The van der Waals surface area contributed by atoms with E-state index in [0.717, 1.165) is 29.1 Å². The van der Waals surface area contributed by atoms with Gasteiger partial charge in [0.25, 0.3) is 5.91 Å². The highest BCUT2D eigenvalue weighted by molar-refractivity contribution is 5.96. The van der Waals surface area contributed by atoms with E-state index < -0.39 is 0 Å². The highest BCUT2D eigenvalue weighted by Gasteiger charge is 2.14. The van der Waals surface area contributed by atoms with Crippen LogP contribution in [0.4, 0.5) is 0 Å². The van der Waals surface area contributed by atoms with Crippen LogP contribution in [0.25, 0.3) is 0 Å². The molecule has 0 radical (unpaired) electrons. The maximum Gasteiger partial charge on any atom is 0.255 e. The van der Waals surface area contributed by atoms with Gasteiger partial charge in [0.1, 0.15) is 18.1 Å². The summed E-state index contributed by atoms with van der Waals surface area (Å²) in [6, 6.07) is 7.25. The van der Waals surface area contributed by atoms with Gasteiger partial charge in [0.05, 0.1) is 24.9 Å². The number of nitrogens with one attached hydrogen (secondary N) is 1. The van der Waals surface area contributed by atoms with Crippen molar-refractivity contribution in [3.8, 4) is 11.5 Å². The number of methoxy groups -OCH3 is 1. The topological polar surface area (TPSA) is 63.7 Å². The largest absolute Gasteiger partial charge is 0.496 e. The molecule has 0 saturated heterocycles. The highest BCUT2D eigenvalue weighted by atomic mass is 16.5. The summed E-state index contributed by atoms with van der Waals surface area (Å²) in [6.45, 7) is 5.52. The lowest BCUT2D eigenvalue weighted by molar-refractivity contribution is 0.0946. The van der Waals surface area contributed by atoms with Crippen LogP contribution in [0.5, 0.6) is 11.5 Å². The molecular formula is C20H27N3O3. The minimum atomic E-state index is -0.189. The molecule has 0 aliphatic carbocycles. The third-order valence-corrected chi connectivity index (χ3v) is 4.09. The molecule has 1 N–H and O–H groups in total. The van der Waals surface area contributed by atoms with E-state index in [2.05, 4.69) is 10.3 Å². The van der Waals surface area contributed by atoms with Crippen LogP contribution in [-0.2, 0) is 6.54 Å². The number of nitrogens with zero attached hydrogens (tertiary/aromatic N) is 2. The van der Waals surface area contributed by atoms with Gasteiger partial charge in [0.15, 0.2) is 0 Å². The van der Waals surface area contributed by atoms with E-state index in [4.69, 9.17) is 9.47 Å². The number of para-hydroxylation sites is 1. The maximum absolute atomic E-state index is 12.6. The van der Waals surface area contributed by atoms with Gasteiger partial charge < -0.3 is 19.7 Å². The Morgan fingerprint density at radius 1 is 1.23 bits per heavy atom. The predicted octanol–water partition coefficient (Wildman–Crippen LogP) is 2.58. The number of ether oxygens (including phenoxy) is 2. The summed E-state index contributed by atoms with van der Waals surface area (Å²) in [6.07, 6.45) is 1.76. The van der Waals surface area contributed by atoms with Crippen molar-refractivity contribution < 1.29 is 14.3 Å². The molecule has 0 aliphatic heterocycles. The lowest BCUT2D eigenvalue weighted by Crippen LogP contribution is -2.25. The van der Waals surface area contributed by atoms with Gasteiger partial charge in [0.2, 0.25) is 0 Å². The zero-order chi connectivity index (χ0) is 19.1. The van der Waals surface area contributed by atoms with Crippen LogP contribution < -0.4 is 14.8 Å². The summed E-state index contributed by atoms with van der Waals surface area (Å²) in [7, 11) is 5.60. The Morgan fingerprint density at radius 3 is 2.65 bits per heavy atom. The van der Waals surface area contributed by atoms with Crippen molar-refractivity contribution in [3.63, 3.8) is 0 Å². The number of carbonyl (C=O) groups excluding carboxylic acids is 1. The van der Waals surface area contributed by atoms with E-state index in [1.165, 1.54) is 0 Å². The smallest absolute Gasteiger partial charge is 0.255 e. The number of hydrogen-bond donors (Lipinski definition) is 1. The van der Waals surface area contributed by atoms with E-state index in [0.29, 0.717) is 24.5 Å². The fourth-order valence-electron chi connectivity index (χ4n) is 2.63. The number of hydrogen-bond acceptors (Lipinski definition) is 5. The first-order valence-electron chi connectivity index (χ1n) is 8.57. The Bertz CT molecular complexity index is 760. The highest BCUT2D eigenvalue weighted by Crippen LogP contribution is 2.24. The monoisotopic (exact) mass is 357 g/mol. The zero-order valence-corrected chi connectivity index (χ0v) is 16.1. The lowest BCUT2D eigenvalue weighted by Gasteiger charge is -2.15. The van der Waals surface area contributed by atoms with E-state index >= 15 is 0 Å². The Balaban J connectivity index is 2.07. The second kappa shape index (κ2) is 9.20. The Hall–Kier alpha value is -2.60. The molecule has 0 unspecified atom stereocenters. The van der Waals surface area contributed by atoms with E-state index in [9.17, 15) is 4.79 Å². The Morgan fingerprint density at radius 2 is 1.96 bits per heavy atom. The fourth-order valence-corrected chi connectivity index (χ4v) is 2.63. The minimum Gasteiger partial charge on any atom is -0.496 e. The van der Waals surface area contributed by atoms with Crippen LogP contribution in [0.1, 0.15) is 27.2 Å². The van der Waals surface area contributed by atoms with Crippen LogP contribution in [0.15, 0.2) is 30.5 Å². The molecule has 0 atom stereocenters. The molecule has 0 saturated carbocycles. The standard InChI is InChI=1S/C20H27N3O3/c1-14-12-21-17(15(2)19(14)25-5)13-22-20(24)16-8-6-7-9-18(16)26-11-10-23(3)4/h6-9,12H,10-11,13H2,1-5H3,(H,22,24). The van der Waals surface area contributed by atoms with Gasteiger partial charge in [-0.3, -0.25) is 9.78 Å². The lowest BCUT2D eigenvalue weighted by atomic mass is 10.1. The molecule has 26 heavy (non-hydrogen) atoms. The number of likely N-dealkylation sites (N-methyl/N-ethyl adjacent to an activating group) is 1.